The highest BCUT2D eigenvalue weighted by molar-refractivity contribution is 9.10. The minimum Gasteiger partial charge on any atom is -0.457 e. The molecule has 0 bridgehead atoms. The quantitative estimate of drug-likeness (QED) is 0.796. The maximum atomic E-state index is 10.5. The minimum absolute atomic E-state index is 0.409. The van der Waals surface area contributed by atoms with Crippen LogP contribution in [-0.2, 0) is 11.2 Å². The lowest BCUT2D eigenvalue weighted by Gasteiger charge is -2.07. The number of ether oxygens (including phenoxy) is 1. The molecule has 0 saturated heterocycles. The summed E-state index contributed by atoms with van der Waals surface area (Å²) in [6.07, 6.45) is 1.30. The van der Waals surface area contributed by atoms with E-state index in [-0.39, 0.29) is 0 Å². The molecule has 2 nitrogen and oxygen atoms in total. The summed E-state index contributed by atoms with van der Waals surface area (Å²) in [4.78, 5) is 10.5. The molecule has 0 fully saturated rings. The summed E-state index contributed by atoms with van der Waals surface area (Å²) in [6.45, 7) is 0. The van der Waals surface area contributed by atoms with Gasteiger partial charge in [-0.3, -0.25) is 0 Å². The van der Waals surface area contributed by atoms with Crippen LogP contribution in [0.3, 0.4) is 0 Å². The Kier molecular flexibility index (Phi) is 3.94. The van der Waals surface area contributed by atoms with Crippen molar-refractivity contribution in [2.24, 2.45) is 0 Å². The van der Waals surface area contributed by atoms with E-state index in [1.807, 2.05) is 48.5 Å². The Morgan fingerprint density at radius 1 is 1.06 bits per heavy atom. The van der Waals surface area contributed by atoms with Crippen LogP contribution in [0.1, 0.15) is 5.56 Å². The molecule has 0 aliphatic carbocycles. The van der Waals surface area contributed by atoms with Gasteiger partial charge in [0.1, 0.15) is 17.8 Å². The molecule has 0 spiro atoms. The SMILES string of the molecule is O=CCc1ccc(Oc2ccccc2)cc1Br. The van der Waals surface area contributed by atoms with Crippen molar-refractivity contribution in [1.82, 2.24) is 0 Å². The molecule has 0 aliphatic rings. The van der Waals surface area contributed by atoms with E-state index in [9.17, 15) is 4.79 Å². The molecule has 0 atom stereocenters. The number of benzene rings is 2. The second-order valence-corrected chi connectivity index (χ2v) is 4.39. The van der Waals surface area contributed by atoms with E-state index in [2.05, 4.69) is 15.9 Å². The van der Waals surface area contributed by atoms with Gasteiger partial charge in [-0.15, -0.1) is 0 Å². The number of aldehydes is 1. The summed E-state index contributed by atoms with van der Waals surface area (Å²) in [6, 6.07) is 15.2. The molecule has 86 valence electrons. The lowest BCUT2D eigenvalue weighted by molar-refractivity contribution is -0.107. The zero-order valence-electron chi connectivity index (χ0n) is 9.10. The molecule has 2 rings (SSSR count). The van der Waals surface area contributed by atoms with Crippen molar-refractivity contribution >= 4 is 22.2 Å². The fraction of sp³-hybridized carbons (Fsp3) is 0.0714. The van der Waals surface area contributed by atoms with E-state index in [0.717, 1.165) is 27.8 Å². The average Bonchev–Trinajstić information content (AvgIpc) is 2.34. The summed E-state index contributed by atoms with van der Waals surface area (Å²) in [5.74, 6) is 1.54. The molecule has 0 radical (unpaired) electrons. The van der Waals surface area contributed by atoms with E-state index in [1.165, 1.54) is 0 Å². The monoisotopic (exact) mass is 290 g/mol. The molecule has 2 aromatic carbocycles. The van der Waals surface area contributed by atoms with Crippen LogP contribution in [0.4, 0.5) is 0 Å². The van der Waals surface area contributed by atoms with Gasteiger partial charge in [0, 0.05) is 10.9 Å². The molecule has 0 amide bonds. The van der Waals surface area contributed by atoms with E-state index < -0.39 is 0 Å². The van der Waals surface area contributed by atoms with Crippen LogP contribution in [0.15, 0.2) is 53.0 Å². The van der Waals surface area contributed by atoms with Gasteiger partial charge in [-0.25, -0.2) is 0 Å². The van der Waals surface area contributed by atoms with E-state index in [0.29, 0.717) is 6.42 Å². The van der Waals surface area contributed by atoms with Gasteiger partial charge in [-0.2, -0.15) is 0 Å². The third-order valence-corrected chi connectivity index (χ3v) is 3.04. The van der Waals surface area contributed by atoms with Gasteiger partial charge in [0.2, 0.25) is 0 Å². The first-order valence-corrected chi connectivity index (χ1v) is 6.04. The summed E-state index contributed by atoms with van der Waals surface area (Å²) in [5.41, 5.74) is 0.959. The highest BCUT2D eigenvalue weighted by atomic mass is 79.9. The van der Waals surface area contributed by atoms with Crippen molar-refractivity contribution in [3.05, 3.63) is 58.6 Å². The number of hydrogen-bond acceptors (Lipinski definition) is 2. The van der Waals surface area contributed by atoms with Crippen molar-refractivity contribution in [1.29, 1.82) is 0 Å². The average molecular weight is 291 g/mol. The van der Waals surface area contributed by atoms with Crippen molar-refractivity contribution in [3.8, 4) is 11.5 Å². The van der Waals surface area contributed by atoms with Gasteiger partial charge in [-0.1, -0.05) is 40.2 Å². The summed E-state index contributed by atoms with van der Waals surface area (Å²) in [5, 5.41) is 0. The third-order valence-electron chi connectivity index (χ3n) is 2.31. The van der Waals surface area contributed by atoms with Crippen molar-refractivity contribution in [2.45, 2.75) is 6.42 Å². The van der Waals surface area contributed by atoms with Gasteiger partial charge < -0.3 is 9.53 Å². The third kappa shape index (κ3) is 3.17. The molecule has 0 aromatic heterocycles. The second-order valence-electron chi connectivity index (χ2n) is 3.54. The van der Waals surface area contributed by atoms with Gasteiger partial charge in [0.05, 0.1) is 0 Å². The van der Waals surface area contributed by atoms with Crippen molar-refractivity contribution < 1.29 is 9.53 Å². The molecule has 0 N–H and O–H groups in total. The maximum Gasteiger partial charge on any atom is 0.128 e. The first-order valence-electron chi connectivity index (χ1n) is 5.24. The summed E-state index contributed by atoms with van der Waals surface area (Å²) in [7, 11) is 0. The molecule has 0 aliphatic heterocycles. The smallest absolute Gasteiger partial charge is 0.128 e. The summed E-state index contributed by atoms with van der Waals surface area (Å²) < 4.78 is 6.56. The zero-order chi connectivity index (χ0) is 12.1. The Balaban J connectivity index is 2.18. The highest BCUT2D eigenvalue weighted by Gasteiger charge is 2.02. The number of carbonyl (C=O) groups is 1. The van der Waals surface area contributed by atoms with E-state index in [1.54, 1.807) is 0 Å². The van der Waals surface area contributed by atoms with E-state index >= 15 is 0 Å². The number of rotatable bonds is 4. The summed E-state index contributed by atoms with van der Waals surface area (Å²) >= 11 is 3.42. The molecular weight excluding hydrogens is 280 g/mol. The fourth-order valence-electron chi connectivity index (χ4n) is 1.47. The first kappa shape index (κ1) is 11.9. The normalized spacial score (nSPS) is 9.94. The van der Waals surface area contributed by atoms with Crippen LogP contribution in [0.5, 0.6) is 11.5 Å². The van der Waals surface area contributed by atoms with Crippen LogP contribution in [0, 0.1) is 0 Å². The molecule has 3 heteroatoms. The van der Waals surface area contributed by atoms with Crippen molar-refractivity contribution in [3.63, 3.8) is 0 Å². The lowest BCUT2D eigenvalue weighted by atomic mass is 10.2. The van der Waals surface area contributed by atoms with Crippen LogP contribution in [-0.4, -0.2) is 6.29 Å². The zero-order valence-corrected chi connectivity index (χ0v) is 10.7. The largest absolute Gasteiger partial charge is 0.457 e. The molecule has 0 heterocycles. The Labute approximate surface area is 108 Å². The van der Waals surface area contributed by atoms with Crippen molar-refractivity contribution in [2.75, 3.05) is 0 Å². The fourth-order valence-corrected chi connectivity index (χ4v) is 1.99. The van der Waals surface area contributed by atoms with Gasteiger partial charge >= 0.3 is 0 Å². The highest BCUT2D eigenvalue weighted by Crippen LogP contribution is 2.26. The maximum absolute atomic E-state index is 10.5. The molecule has 0 unspecified atom stereocenters. The van der Waals surface area contributed by atoms with Crippen LogP contribution in [0.2, 0.25) is 0 Å². The van der Waals surface area contributed by atoms with E-state index in [4.69, 9.17) is 4.74 Å². The Morgan fingerprint density at radius 3 is 2.47 bits per heavy atom. The van der Waals surface area contributed by atoms with Gasteiger partial charge in [-0.05, 0) is 29.8 Å². The molecular formula is C14H11BrO2. The Morgan fingerprint density at radius 2 is 1.82 bits per heavy atom. The molecule has 0 saturated carbocycles. The number of halogens is 1. The Hall–Kier alpha value is -1.61. The predicted octanol–water partition coefficient (Wildman–Crippen LogP) is 3.98. The number of para-hydroxylation sites is 1. The van der Waals surface area contributed by atoms with Crippen LogP contribution >= 0.6 is 15.9 Å². The van der Waals surface area contributed by atoms with Crippen LogP contribution < -0.4 is 4.74 Å². The standard InChI is InChI=1S/C14H11BrO2/c15-14-10-13(7-6-11(14)8-9-16)17-12-4-2-1-3-5-12/h1-7,9-10H,8H2. The molecule has 17 heavy (non-hydrogen) atoms. The predicted molar refractivity (Wildman–Crippen MR) is 70.4 cm³/mol. The minimum atomic E-state index is 0.409. The first-order chi connectivity index (χ1) is 8.29. The Bertz CT molecular complexity index is 509. The van der Waals surface area contributed by atoms with Gasteiger partial charge in [0.25, 0.3) is 0 Å². The molecule has 2 aromatic rings. The topological polar surface area (TPSA) is 26.3 Å². The number of carbonyl (C=O) groups excluding carboxylic acids is 1. The number of hydrogen-bond donors (Lipinski definition) is 0. The lowest BCUT2D eigenvalue weighted by Crippen LogP contribution is -1.89. The second kappa shape index (κ2) is 5.64. The van der Waals surface area contributed by atoms with Crippen LogP contribution in [0.25, 0.3) is 0 Å². The van der Waals surface area contributed by atoms with Gasteiger partial charge in [0.15, 0.2) is 0 Å².